The maximum Gasteiger partial charge on any atom is 0.248 e. The number of rotatable bonds is 3. The topological polar surface area (TPSA) is 34.4 Å². The number of aryl methyl sites for hydroxylation is 4. The fourth-order valence-corrected chi connectivity index (χ4v) is 4.06. The Morgan fingerprint density at radius 3 is 2.65 bits per heavy atom. The number of benzene rings is 2. The summed E-state index contributed by atoms with van der Waals surface area (Å²) in [6, 6.07) is 14.4. The number of nitrogens with zero attached hydrogens (tertiary/aromatic N) is 2. The summed E-state index contributed by atoms with van der Waals surface area (Å²) in [5.41, 5.74) is 4.79. The zero-order valence-corrected chi connectivity index (χ0v) is 14.5. The first kappa shape index (κ1) is 15.7. The van der Waals surface area contributed by atoms with E-state index in [-0.39, 0.29) is 5.91 Å². The van der Waals surface area contributed by atoms with E-state index < -0.39 is 0 Å². The molecule has 0 fully saturated rings. The minimum atomic E-state index is -0.0645. The van der Waals surface area contributed by atoms with Crippen LogP contribution in [0, 0.1) is 13.8 Å². The SMILES string of the molecule is Cc1cc(C)c2c(c1)sc(=NC(=O)CCc1ccccc1)n2C. The van der Waals surface area contributed by atoms with Crippen molar-refractivity contribution in [3.63, 3.8) is 0 Å². The molecule has 0 aliphatic rings. The zero-order chi connectivity index (χ0) is 16.4. The molecule has 23 heavy (non-hydrogen) atoms. The maximum absolute atomic E-state index is 12.2. The van der Waals surface area contributed by atoms with E-state index in [0.29, 0.717) is 6.42 Å². The van der Waals surface area contributed by atoms with Gasteiger partial charge in [0.15, 0.2) is 4.80 Å². The first-order valence-electron chi connectivity index (χ1n) is 7.73. The number of carbonyl (C=O) groups is 1. The molecular formula is C19H20N2OS. The molecule has 3 nitrogen and oxygen atoms in total. The number of thiazole rings is 1. The van der Waals surface area contributed by atoms with Crippen LogP contribution in [0.2, 0.25) is 0 Å². The van der Waals surface area contributed by atoms with Crippen molar-refractivity contribution in [3.05, 3.63) is 64.0 Å². The van der Waals surface area contributed by atoms with Gasteiger partial charge in [0.1, 0.15) is 0 Å². The maximum atomic E-state index is 12.2. The average Bonchev–Trinajstić information content (AvgIpc) is 2.82. The summed E-state index contributed by atoms with van der Waals surface area (Å²) in [5.74, 6) is -0.0645. The van der Waals surface area contributed by atoms with Gasteiger partial charge in [-0.25, -0.2) is 0 Å². The standard InChI is InChI=1S/C19H20N2OS/c1-13-11-14(2)18-16(12-13)23-19(21(18)3)20-17(22)10-9-15-7-5-4-6-8-15/h4-8,11-12H,9-10H2,1-3H3. The third-order valence-electron chi connectivity index (χ3n) is 3.92. The monoisotopic (exact) mass is 324 g/mol. The lowest BCUT2D eigenvalue weighted by atomic mass is 10.1. The molecule has 1 heterocycles. The fraction of sp³-hybridized carbons (Fsp3) is 0.263. The molecule has 3 aromatic rings. The van der Waals surface area contributed by atoms with Gasteiger partial charge in [0, 0.05) is 13.5 Å². The Morgan fingerprint density at radius 2 is 1.91 bits per heavy atom. The van der Waals surface area contributed by atoms with Crippen LogP contribution < -0.4 is 4.80 Å². The molecule has 1 amide bonds. The first-order chi connectivity index (χ1) is 11.0. The van der Waals surface area contributed by atoms with Gasteiger partial charge in [-0.15, -0.1) is 0 Å². The minimum Gasteiger partial charge on any atom is -0.319 e. The van der Waals surface area contributed by atoms with Crippen LogP contribution >= 0.6 is 11.3 Å². The van der Waals surface area contributed by atoms with E-state index in [1.54, 1.807) is 11.3 Å². The molecule has 3 rings (SSSR count). The molecule has 0 saturated heterocycles. The second-order valence-corrected chi connectivity index (χ2v) is 6.87. The van der Waals surface area contributed by atoms with Crippen LogP contribution in [0.4, 0.5) is 0 Å². The molecule has 0 radical (unpaired) electrons. The van der Waals surface area contributed by atoms with Crippen molar-refractivity contribution < 1.29 is 4.79 Å². The summed E-state index contributed by atoms with van der Waals surface area (Å²) in [4.78, 5) is 17.3. The summed E-state index contributed by atoms with van der Waals surface area (Å²) >= 11 is 1.58. The molecule has 0 bridgehead atoms. The lowest BCUT2D eigenvalue weighted by Gasteiger charge is -2.01. The predicted molar refractivity (Wildman–Crippen MR) is 95.6 cm³/mol. The van der Waals surface area contributed by atoms with Crippen LogP contribution in [0.25, 0.3) is 10.2 Å². The number of hydrogen-bond donors (Lipinski definition) is 0. The first-order valence-corrected chi connectivity index (χ1v) is 8.54. The molecule has 4 heteroatoms. The minimum absolute atomic E-state index is 0.0645. The molecule has 0 aliphatic carbocycles. The Labute approximate surface area is 139 Å². The van der Waals surface area contributed by atoms with E-state index >= 15 is 0 Å². The van der Waals surface area contributed by atoms with Crippen LogP contribution in [-0.4, -0.2) is 10.5 Å². The number of aromatic nitrogens is 1. The van der Waals surface area contributed by atoms with Crippen molar-refractivity contribution in [2.24, 2.45) is 12.0 Å². The molecule has 2 aromatic carbocycles. The van der Waals surface area contributed by atoms with E-state index in [1.807, 2.05) is 41.9 Å². The summed E-state index contributed by atoms with van der Waals surface area (Å²) in [7, 11) is 1.98. The molecule has 0 N–H and O–H groups in total. The van der Waals surface area contributed by atoms with Crippen LogP contribution in [0.1, 0.15) is 23.1 Å². The summed E-state index contributed by atoms with van der Waals surface area (Å²) < 4.78 is 3.20. The number of fused-ring (bicyclic) bond motifs is 1. The Balaban J connectivity index is 1.87. The van der Waals surface area contributed by atoms with Gasteiger partial charge in [-0.05, 0) is 43.0 Å². The molecule has 0 unspecified atom stereocenters. The third-order valence-corrected chi connectivity index (χ3v) is 5.00. The highest BCUT2D eigenvalue weighted by molar-refractivity contribution is 7.16. The Kier molecular flexibility index (Phi) is 4.44. The van der Waals surface area contributed by atoms with Crippen LogP contribution in [0.3, 0.4) is 0 Å². The van der Waals surface area contributed by atoms with Crippen molar-refractivity contribution >= 4 is 27.5 Å². The largest absolute Gasteiger partial charge is 0.319 e. The second kappa shape index (κ2) is 6.50. The van der Waals surface area contributed by atoms with Gasteiger partial charge in [-0.1, -0.05) is 47.7 Å². The quantitative estimate of drug-likeness (QED) is 0.719. The van der Waals surface area contributed by atoms with Gasteiger partial charge in [-0.2, -0.15) is 4.99 Å². The summed E-state index contributed by atoms with van der Waals surface area (Å²) in [6.07, 6.45) is 1.17. The number of carbonyl (C=O) groups excluding carboxylic acids is 1. The van der Waals surface area contributed by atoms with E-state index in [9.17, 15) is 4.79 Å². The van der Waals surface area contributed by atoms with E-state index in [0.717, 1.165) is 16.7 Å². The molecule has 0 saturated carbocycles. The van der Waals surface area contributed by atoms with Crippen LogP contribution in [0.15, 0.2) is 47.5 Å². The van der Waals surface area contributed by atoms with Crippen molar-refractivity contribution in [3.8, 4) is 0 Å². The smallest absolute Gasteiger partial charge is 0.248 e. The second-order valence-electron chi connectivity index (χ2n) is 5.86. The fourth-order valence-electron chi connectivity index (χ4n) is 2.85. The van der Waals surface area contributed by atoms with Crippen molar-refractivity contribution in [2.75, 3.05) is 0 Å². The van der Waals surface area contributed by atoms with Gasteiger partial charge in [-0.3, -0.25) is 4.79 Å². The van der Waals surface area contributed by atoms with Gasteiger partial charge in [0.2, 0.25) is 5.91 Å². The third kappa shape index (κ3) is 3.42. The van der Waals surface area contributed by atoms with Crippen molar-refractivity contribution in [1.29, 1.82) is 0 Å². The van der Waals surface area contributed by atoms with Crippen LogP contribution in [0.5, 0.6) is 0 Å². The van der Waals surface area contributed by atoms with Gasteiger partial charge < -0.3 is 4.57 Å². The molecule has 0 atom stereocenters. The normalized spacial score (nSPS) is 12.0. The number of hydrogen-bond acceptors (Lipinski definition) is 2. The van der Waals surface area contributed by atoms with Gasteiger partial charge in [0.05, 0.1) is 10.2 Å². The highest BCUT2D eigenvalue weighted by Gasteiger charge is 2.08. The van der Waals surface area contributed by atoms with Gasteiger partial charge in [0.25, 0.3) is 0 Å². The van der Waals surface area contributed by atoms with Gasteiger partial charge >= 0.3 is 0 Å². The van der Waals surface area contributed by atoms with E-state index in [4.69, 9.17) is 0 Å². The molecule has 1 aromatic heterocycles. The van der Waals surface area contributed by atoms with E-state index in [2.05, 4.69) is 31.0 Å². The lowest BCUT2D eigenvalue weighted by molar-refractivity contribution is -0.118. The Morgan fingerprint density at radius 1 is 1.17 bits per heavy atom. The predicted octanol–water partition coefficient (Wildman–Crippen LogP) is 3.92. The lowest BCUT2D eigenvalue weighted by Crippen LogP contribution is -2.13. The van der Waals surface area contributed by atoms with E-state index in [1.165, 1.54) is 21.4 Å². The van der Waals surface area contributed by atoms with Crippen molar-refractivity contribution in [1.82, 2.24) is 4.57 Å². The molecule has 0 spiro atoms. The molecular weight excluding hydrogens is 304 g/mol. The Bertz CT molecular complexity index is 920. The highest BCUT2D eigenvalue weighted by Crippen LogP contribution is 2.22. The average molecular weight is 324 g/mol. The molecule has 0 aliphatic heterocycles. The zero-order valence-electron chi connectivity index (χ0n) is 13.7. The molecule has 118 valence electrons. The van der Waals surface area contributed by atoms with Crippen LogP contribution in [-0.2, 0) is 18.3 Å². The summed E-state index contributed by atoms with van der Waals surface area (Å²) in [5, 5.41) is 0. The number of amides is 1. The Hall–Kier alpha value is -2.20. The van der Waals surface area contributed by atoms with Crippen molar-refractivity contribution in [2.45, 2.75) is 26.7 Å². The summed E-state index contributed by atoms with van der Waals surface area (Å²) in [6.45, 7) is 4.19. The highest BCUT2D eigenvalue weighted by atomic mass is 32.1.